The molecule has 7 heteroatoms. The monoisotopic (exact) mass is 487 g/mol. The van der Waals surface area contributed by atoms with E-state index in [4.69, 9.17) is 0 Å². The second-order valence-electron chi connectivity index (χ2n) is 9.67. The summed E-state index contributed by atoms with van der Waals surface area (Å²) in [5.41, 5.74) is 2.52. The van der Waals surface area contributed by atoms with Crippen LogP contribution in [0, 0.1) is 5.82 Å². The number of rotatable bonds is 5. The van der Waals surface area contributed by atoms with Gasteiger partial charge in [-0.2, -0.15) is 0 Å². The van der Waals surface area contributed by atoms with Gasteiger partial charge in [0.2, 0.25) is 5.91 Å². The topological polar surface area (TPSA) is 72.9 Å². The molecule has 0 aromatic heterocycles. The lowest BCUT2D eigenvalue weighted by atomic mass is 10.0. The van der Waals surface area contributed by atoms with Crippen LogP contribution in [0.2, 0.25) is 0 Å². The Balaban J connectivity index is 1.10. The van der Waals surface area contributed by atoms with E-state index in [9.17, 15) is 19.1 Å². The molecule has 2 N–H and O–H groups in total. The molecule has 0 spiro atoms. The third kappa shape index (κ3) is 5.57. The lowest BCUT2D eigenvalue weighted by Crippen LogP contribution is -2.38. The molecule has 186 valence electrons. The minimum Gasteiger partial charge on any atom is -0.507 e. The van der Waals surface area contributed by atoms with Gasteiger partial charge in [-0.15, -0.1) is 0 Å². The van der Waals surface area contributed by atoms with Gasteiger partial charge in [0.1, 0.15) is 11.6 Å². The van der Waals surface area contributed by atoms with E-state index in [2.05, 4.69) is 16.3 Å². The van der Waals surface area contributed by atoms with Gasteiger partial charge in [-0.25, -0.2) is 4.39 Å². The number of phenolic OH excluding ortho intramolecular Hbond substituents is 1. The second kappa shape index (κ2) is 10.5. The van der Waals surface area contributed by atoms with E-state index in [1.807, 2.05) is 12.1 Å². The van der Waals surface area contributed by atoms with E-state index in [-0.39, 0.29) is 29.4 Å². The van der Waals surface area contributed by atoms with Gasteiger partial charge < -0.3 is 15.3 Å². The number of phenols is 1. The molecule has 5 rings (SSSR count). The SMILES string of the molecule is O=C(C=C1CCN(C(=O)c2ccccc2O)CC1)N[C@@H]1CCN(Cc2ccc3cc(F)ccc3c2)C1. The first-order valence-electron chi connectivity index (χ1n) is 12.4. The molecule has 0 saturated carbocycles. The van der Waals surface area contributed by atoms with Crippen molar-refractivity contribution in [2.75, 3.05) is 26.2 Å². The van der Waals surface area contributed by atoms with Gasteiger partial charge in [-0.3, -0.25) is 14.5 Å². The average Bonchev–Trinajstić information content (AvgIpc) is 3.30. The van der Waals surface area contributed by atoms with E-state index < -0.39 is 0 Å². The lowest BCUT2D eigenvalue weighted by Gasteiger charge is -2.28. The highest BCUT2D eigenvalue weighted by atomic mass is 19.1. The van der Waals surface area contributed by atoms with Crippen LogP contribution in [0.1, 0.15) is 35.2 Å². The summed E-state index contributed by atoms with van der Waals surface area (Å²) in [6.45, 7) is 3.55. The minimum atomic E-state index is -0.227. The molecule has 2 saturated heterocycles. The number of piperidine rings is 1. The predicted molar refractivity (Wildman–Crippen MR) is 137 cm³/mol. The highest BCUT2D eigenvalue weighted by Gasteiger charge is 2.25. The number of amides is 2. The Bertz CT molecular complexity index is 1310. The maximum atomic E-state index is 13.4. The van der Waals surface area contributed by atoms with Gasteiger partial charge >= 0.3 is 0 Å². The molecule has 2 aliphatic rings. The number of halogens is 1. The number of aromatic hydroxyl groups is 1. The molecule has 6 nitrogen and oxygen atoms in total. The van der Waals surface area contributed by atoms with Crippen molar-refractivity contribution in [3.8, 4) is 5.75 Å². The zero-order valence-corrected chi connectivity index (χ0v) is 20.1. The van der Waals surface area contributed by atoms with Gasteiger partial charge in [-0.05, 0) is 65.9 Å². The van der Waals surface area contributed by atoms with Gasteiger partial charge in [0.25, 0.3) is 5.91 Å². The molecule has 3 aromatic rings. The number of nitrogens with one attached hydrogen (secondary N) is 1. The van der Waals surface area contributed by atoms with Gasteiger partial charge in [-0.1, -0.05) is 35.9 Å². The van der Waals surface area contributed by atoms with Crippen LogP contribution < -0.4 is 5.32 Å². The smallest absolute Gasteiger partial charge is 0.257 e. The quantitative estimate of drug-likeness (QED) is 0.528. The lowest BCUT2D eigenvalue weighted by molar-refractivity contribution is -0.117. The summed E-state index contributed by atoms with van der Waals surface area (Å²) in [6.07, 6.45) is 3.88. The molecular formula is C29H30FN3O3. The van der Waals surface area contributed by atoms with Crippen molar-refractivity contribution in [1.29, 1.82) is 0 Å². The molecule has 2 amide bonds. The Hall–Kier alpha value is -3.71. The van der Waals surface area contributed by atoms with Crippen molar-refractivity contribution in [3.63, 3.8) is 0 Å². The Labute approximate surface area is 210 Å². The molecule has 0 aliphatic carbocycles. The summed E-state index contributed by atoms with van der Waals surface area (Å²) in [4.78, 5) is 29.4. The summed E-state index contributed by atoms with van der Waals surface area (Å²) >= 11 is 0. The van der Waals surface area contributed by atoms with Crippen LogP contribution in [0.5, 0.6) is 5.75 Å². The van der Waals surface area contributed by atoms with Crippen molar-refractivity contribution in [3.05, 3.63) is 89.3 Å². The van der Waals surface area contributed by atoms with E-state index in [0.717, 1.165) is 42.4 Å². The minimum absolute atomic E-state index is 0.00942. The molecular weight excluding hydrogens is 457 g/mol. The number of hydrogen-bond donors (Lipinski definition) is 2. The second-order valence-corrected chi connectivity index (χ2v) is 9.67. The van der Waals surface area contributed by atoms with Crippen LogP contribution in [0.3, 0.4) is 0 Å². The van der Waals surface area contributed by atoms with Crippen molar-refractivity contribution < 1.29 is 19.1 Å². The van der Waals surface area contributed by atoms with Crippen LogP contribution in [-0.4, -0.2) is 58.9 Å². The van der Waals surface area contributed by atoms with E-state index >= 15 is 0 Å². The van der Waals surface area contributed by atoms with Crippen molar-refractivity contribution in [1.82, 2.24) is 15.1 Å². The first kappa shape index (κ1) is 24.0. The van der Waals surface area contributed by atoms with Crippen LogP contribution in [0.15, 0.2) is 72.3 Å². The molecule has 3 aromatic carbocycles. The summed E-state index contributed by atoms with van der Waals surface area (Å²) in [5, 5.41) is 15.0. The van der Waals surface area contributed by atoms with Crippen LogP contribution >= 0.6 is 0 Å². The van der Waals surface area contributed by atoms with Crippen LogP contribution in [0.4, 0.5) is 4.39 Å². The molecule has 2 fully saturated rings. The number of carbonyl (C=O) groups excluding carboxylic acids is 2. The van der Waals surface area contributed by atoms with Crippen LogP contribution in [0.25, 0.3) is 10.8 Å². The van der Waals surface area contributed by atoms with Gasteiger partial charge in [0.05, 0.1) is 5.56 Å². The highest BCUT2D eigenvalue weighted by molar-refractivity contribution is 5.97. The number of para-hydroxylation sites is 1. The Morgan fingerprint density at radius 1 is 1.00 bits per heavy atom. The number of benzene rings is 3. The third-order valence-electron chi connectivity index (χ3n) is 7.05. The number of carbonyl (C=O) groups is 2. The van der Waals surface area contributed by atoms with Gasteiger partial charge in [0, 0.05) is 44.8 Å². The summed E-state index contributed by atoms with van der Waals surface area (Å²) in [5.74, 6) is -0.494. The van der Waals surface area contributed by atoms with Crippen LogP contribution in [-0.2, 0) is 11.3 Å². The summed E-state index contributed by atoms with van der Waals surface area (Å²) < 4.78 is 13.4. The number of nitrogens with zero attached hydrogens (tertiary/aromatic N) is 2. The largest absolute Gasteiger partial charge is 0.507 e. The first-order valence-corrected chi connectivity index (χ1v) is 12.4. The zero-order valence-electron chi connectivity index (χ0n) is 20.1. The maximum Gasteiger partial charge on any atom is 0.257 e. The number of likely N-dealkylation sites (tertiary alicyclic amines) is 2. The maximum absolute atomic E-state index is 13.4. The molecule has 36 heavy (non-hydrogen) atoms. The number of hydrogen-bond acceptors (Lipinski definition) is 4. The predicted octanol–water partition coefficient (Wildman–Crippen LogP) is 4.24. The Kier molecular flexibility index (Phi) is 7.00. The average molecular weight is 488 g/mol. The Morgan fingerprint density at radius 2 is 1.75 bits per heavy atom. The normalized spacial score (nSPS) is 18.4. The standard InChI is InChI=1S/C29H30FN3O3/c30-24-8-7-22-15-21(5-6-23(22)17-24)18-32-12-11-25(19-32)31-28(35)16-20-9-13-33(14-10-20)29(36)26-3-1-2-4-27(26)34/h1-8,15-17,25,34H,9-14,18-19H2,(H,31,35)/t25-/m1/s1. The zero-order chi connectivity index (χ0) is 25.1. The van der Waals surface area contributed by atoms with E-state index in [1.165, 1.54) is 17.7 Å². The van der Waals surface area contributed by atoms with Crippen molar-refractivity contribution in [2.45, 2.75) is 31.8 Å². The first-order chi connectivity index (χ1) is 17.4. The highest BCUT2D eigenvalue weighted by Crippen LogP contribution is 2.23. The van der Waals surface area contributed by atoms with E-state index in [0.29, 0.717) is 31.5 Å². The van der Waals surface area contributed by atoms with Crippen molar-refractivity contribution in [2.24, 2.45) is 0 Å². The fraction of sp³-hybridized carbons (Fsp3) is 0.310. The fourth-order valence-corrected chi connectivity index (χ4v) is 5.11. The molecule has 0 radical (unpaired) electrons. The summed E-state index contributed by atoms with van der Waals surface area (Å²) in [7, 11) is 0. The van der Waals surface area contributed by atoms with Crippen molar-refractivity contribution >= 4 is 22.6 Å². The van der Waals surface area contributed by atoms with E-state index in [1.54, 1.807) is 41.3 Å². The molecule has 1 atom stereocenters. The molecule has 2 aliphatic heterocycles. The fourth-order valence-electron chi connectivity index (χ4n) is 5.11. The third-order valence-corrected chi connectivity index (χ3v) is 7.05. The molecule has 2 heterocycles. The number of fused-ring (bicyclic) bond motifs is 1. The Morgan fingerprint density at radius 3 is 2.56 bits per heavy atom. The molecule has 0 unspecified atom stereocenters. The summed E-state index contributed by atoms with van der Waals surface area (Å²) in [6, 6.07) is 17.6. The molecule has 0 bridgehead atoms. The van der Waals surface area contributed by atoms with Gasteiger partial charge in [0.15, 0.2) is 0 Å².